The van der Waals surface area contributed by atoms with Crippen molar-refractivity contribution in [2.75, 3.05) is 65.1 Å². The van der Waals surface area contributed by atoms with Gasteiger partial charge in [0.1, 0.15) is 37.5 Å². The lowest BCUT2D eigenvalue weighted by Crippen LogP contribution is -2.29. The van der Waals surface area contributed by atoms with E-state index in [4.69, 9.17) is 40.5 Å². The van der Waals surface area contributed by atoms with E-state index in [-0.39, 0.29) is 6.61 Å². The molecule has 0 amide bonds. The highest BCUT2D eigenvalue weighted by Gasteiger charge is 2.18. The van der Waals surface area contributed by atoms with E-state index < -0.39 is 6.10 Å². The van der Waals surface area contributed by atoms with Crippen LogP contribution in [0.15, 0.2) is 42.5 Å². The maximum Gasteiger partial charge on any atom is 0.162 e. The molecule has 210 valence electrons. The molecule has 0 saturated heterocycles. The molecule has 2 N–H and O–H groups in total. The Morgan fingerprint density at radius 3 is 2.64 bits per heavy atom. The quantitative estimate of drug-likeness (QED) is 0.298. The van der Waals surface area contributed by atoms with Gasteiger partial charge in [-0.25, -0.2) is 9.97 Å². The molecule has 1 aliphatic rings. The second-order valence-corrected chi connectivity index (χ2v) is 9.76. The van der Waals surface area contributed by atoms with Crippen molar-refractivity contribution in [1.82, 2.24) is 15.3 Å². The fourth-order valence-corrected chi connectivity index (χ4v) is 4.45. The maximum atomic E-state index is 10.1. The number of unbranched alkanes of at least 4 members (excludes halogenated alkanes) is 1. The molecular formula is C29H37ClN4O5. The maximum absolute atomic E-state index is 10.1. The molecule has 0 saturated carbocycles. The number of fused-ring (bicyclic) bond motifs is 1. The zero-order chi connectivity index (χ0) is 27.6. The lowest BCUT2D eigenvalue weighted by atomic mass is 10.1. The number of halogens is 1. The number of aromatic nitrogens is 2. The molecule has 0 spiro atoms. The fraction of sp³-hybridized carbons (Fsp3) is 0.448. The fourth-order valence-electron chi connectivity index (χ4n) is 4.23. The SMILES string of the molecule is CCCCN(CCOC)c1cc(-c2ccc3c(c2)OCCO3)nc(-c2cc(Cl)cc(OCC(O)CNC)c2)n1. The Morgan fingerprint density at radius 1 is 1.05 bits per heavy atom. The van der Waals surface area contributed by atoms with Gasteiger partial charge in [0, 0.05) is 49.0 Å². The van der Waals surface area contributed by atoms with Crippen molar-refractivity contribution in [3.8, 4) is 39.9 Å². The van der Waals surface area contributed by atoms with Crippen molar-refractivity contribution in [2.24, 2.45) is 0 Å². The van der Waals surface area contributed by atoms with Crippen LogP contribution in [-0.2, 0) is 4.74 Å². The first kappa shape index (κ1) is 28.9. The molecule has 9 nitrogen and oxygen atoms in total. The number of rotatable bonds is 14. The van der Waals surface area contributed by atoms with E-state index in [2.05, 4.69) is 17.1 Å². The predicted molar refractivity (Wildman–Crippen MR) is 153 cm³/mol. The summed E-state index contributed by atoms with van der Waals surface area (Å²) in [5, 5.41) is 13.5. The van der Waals surface area contributed by atoms with Crippen LogP contribution in [0.4, 0.5) is 5.82 Å². The molecule has 0 radical (unpaired) electrons. The van der Waals surface area contributed by atoms with Crippen LogP contribution >= 0.6 is 11.6 Å². The molecule has 0 aliphatic carbocycles. The lowest BCUT2D eigenvalue weighted by Gasteiger charge is -2.24. The van der Waals surface area contributed by atoms with Gasteiger partial charge in [-0.15, -0.1) is 0 Å². The van der Waals surface area contributed by atoms with Crippen molar-refractivity contribution in [2.45, 2.75) is 25.9 Å². The van der Waals surface area contributed by atoms with Crippen LogP contribution in [0.25, 0.3) is 22.6 Å². The topological polar surface area (TPSA) is 98.2 Å². The Labute approximate surface area is 235 Å². The minimum absolute atomic E-state index is 0.131. The Bertz CT molecular complexity index is 1220. The Kier molecular flexibility index (Phi) is 10.6. The summed E-state index contributed by atoms with van der Waals surface area (Å²) in [6.07, 6.45) is 1.43. The van der Waals surface area contributed by atoms with Gasteiger partial charge in [-0.05, 0) is 49.9 Å². The second-order valence-electron chi connectivity index (χ2n) is 9.32. The summed E-state index contributed by atoms with van der Waals surface area (Å²) >= 11 is 6.48. The van der Waals surface area contributed by atoms with Gasteiger partial charge < -0.3 is 34.3 Å². The largest absolute Gasteiger partial charge is 0.491 e. The predicted octanol–water partition coefficient (Wildman–Crippen LogP) is 4.45. The summed E-state index contributed by atoms with van der Waals surface area (Å²) in [6.45, 7) is 5.87. The van der Waals surface area contributed by atoms with Crippen molar-refractivity contribution >= 4 is 17.4 Å². The number of ether oxygens (including phenoxy) is 4. The number of anilines is 1. The number of benzene rings is 2. The van der Waals surface area contributed by atoms with Gasteiger partial charge >= 0.3 is 0 Å². The Morgan fingerprint density at radius 2 is 1.87 bits per heavy atom. The third-order valence-electron chi connectivity index (χ3n) is 6.23. The van der Waals surface area contributed by atoms with Crippen LogP contribution in [0.1, 0.15) is 19.8 Å². The number of aliphatic hydroxyl groups excluding tert-OH is 1. The molecular weight excluding hydrogens is 520 g/mol. The molecule has 10 heteroatoms. The number of hydrogen-bond acceptors (Lipinski definition) is 9. The van der Waals surface area contributed by atoms with Gasteiger partial charge in [0.05, 0.1) is 12.3 Å². The molecule has 0 bridgehead atoms. The minimum Gasteiger partial charge on any atom is -0.491 e. The number of aliphatic hydroxyl groups is 1. The first-order valence-corrected chi connectivity index (χ1v) is 13.7. The normalized spacial score (nSPS) is 13.3. The van der Waals surface area contributed by atoms with Gasteiger partial charge in [-0.1, -0.05) is 24.9 Å². The van der Waals surface area contributed by atoms with Crippen LogP contribution in [0.2, 0.25) is 5.02 Å². The number of nitrogens with zero attached hydrogens (tertiary/aromatic N) is 3. The molecule has 3 aromatic rings. The summed E-state index contributed by atoms with van der Waals surface area (Å²) < 4.78 is 22.8. The van der Waals surface area contributed by atoms with Gasteiger partial charge in [0.25, 0.3) is 0 Å². The van der Waals surface area contributed by atoms with E-state index in [9.17, 15) is 5.11 Å². The van der Waals surface area contributed by atoms with Gasteiger partial charge in [0.15, 0.2) is 17.3 Å². The van der Waals surface area contributed by atoms with Crippen LogP contribution in [-0.4, -0.2) is 81.4 Å². The first-order valence-electron chi connectivity index (χ1n) is 13.3. The van der Waals surface area contributed by atoms with Gasteiger partial charge in [-0.3, -0.25) is 0 Å². The number of likely N-dealkylation sites (N-methyl/N-ethyl adjacent to an activating group) is 1. The minimum atomic E-state index is -0.647. The number of nitrogens with one attached hydrogen (secondary N) is 1. The number of hydrogen-bond donors (Lipinski definition) is 2. The van der Waals surface area contributed by atoms with E-state index >= 15 is 0 Å². The van der Waals surface area contributed by atoms with Crippen LogP contribution in [0.5, 0.6) is 17.2 Å². The molecule has 1 unspecified atom stereocenters. The molecule has 2 aromatic carbocycles. The lowest BCUT2D eigenvalue weighted by molar-refractivity contribution is 0.108. The van der Waals surface area contributed by atoms with E-state index in [1.54, 1.807) is 20.2 Å². The average molecular weight is 557 g/mol. The highest BCUT2D eigenvalue weighted by Crippen LogP contribution is 2.36. The number of methoxy groups -OCH3 is 1. The van der Waals surface area contributed by atoms with Crippen molar-refractivity contribution < 1.29 is 24.1 Å². The molecule has 0 fully saturated rings. The monoisotopic (exact) mass is 556 g/mol. The molecule has 1 atom stereocenters. The van der Waals surface area contributed by atoms with Crippen molar-refractivity contribution in [3.63, 3.8) is 0 Å². The van der Waals surface area contributed by atoms with Crippen molar-refractivity contribution in [3.05, 3.63) is 47.5 Å². The zero-order valence-corrected chi connectivity index (χ0v) is 23.5. The van der Waals surface area contributed by atoms with Crippen LogP contribution in [0, 0.1) is 0 Å². The molecule has 4 rings (SSSR count). The highest BCUT2D eigenvalue weighted by molar-refractivity contribution is 6.31. The van der Waals surface area contributed by atoms with Crippen LogP contribution in [0.3, 0.4) is 0 Å². The summed E-state index contributed by atoms with van der Waals surface area (Å²) in [6, 6.07) is 13.2. The molecule has 1 aromatic heterocycles. The molecule has 1 aliphatic heterocycles. The second kappa shape index (κ2) is 14.3. The summed E-state index contributed by atoms with van der Waals surface area (Å²) in [4.78, 5) is 12.1. The highest BCUT2D eigenvalue weighted by atomic mass is 35.5. The zero-order valence-electron chi connectivity index (χ0n) is 22.8. The standard InChI is InChI=1S/C29H37ClN4O5/c1-4-5-8-34(9-10-36-3)28-17-25(20-6-7-26-27(15-20)38-12-11-37-26)32-29(33-28)21-13-22(30)16-24(14-21)39-19-23(35)18-31-2/h6-7,13-17,23,31,35H,4-5,8-12,18-19H2,1-3H3. The Hall–Kier alpha value is -3.11. The van der Waals surface area contributed by atoms with E-state index in [0.717, 1.165) is 42.2 Å². The Balaban J connectivity index is 1.76. The third kappa shape index (κ3) is 7.95. The third-order valence-corrected chi connectivity index (χ3v) is 6.45. The average Bonchev–Trinajstić information content (AvgIpc) is 2.95. The van der Waals surface area contributed by atoms with E-state index in [0.29, 0.717) is 60.8 Å². The summed E-state index contributed by atoms with van der Waals surface area (Å²) in [5.74, 6) is 3.26. The van der Waals surface area contributed by atoms with Crippen molar-refractivity contribution in [1.29, 1.82) is 0 Å². The van der Waals surface area contributed by atoms with E-state index in [1.165, 1.54) is 0 Å². The van der Waals surface area contributed by atoms with Gasteiger partial charge in [-0.2, -0.15) is 0 Å². The summed E-state index contributed by atoms with van der Waals surface area (Å²) in [5.41, 5.74) is 2.35. The van der Waals surface area contributed by atoms with Gasteiger partial charge in [0.2, 0.25) is 0 Å². The van der Waals surface area contributed by atoms with E-state index in [1.807, 2.05) is 36.4 Å². The molecule has 2 heterocycles. The summed E-state index contributed by atoms with van der Waals surface area (Å²) in [7, 11) is 3.48. The first-order chi connectivity index (χ1) is 19.0. The smallest absolute Gasteiger partial charge is 0.162 e. The van der Waals surface area contributed by atoms with Crippen LogP contribution < -0.4 is 24.4 Å². The molecule has 39 heavy (non-hydrogen) atoms.